The number of ether oxygens (including phenoxy) is 1. The molecule has 0 atom stereocenters. The number of benzene rings is 3. The van der Waals surface area contributed by atoms with Gasteiger partial charge >= 0.3 is 12.4 Å². The first-order valence-electron chi connectivity index (χ1n) is 10.7. The van der Waals surface area contributed by atoms with Crippen LogP contribution in [0.4, 0.5) is 32.0 Å². The van der Waals surface area contributed by atoms with E-state index in [0.717, 1.165) is 24.3 Å². The van der Waals surface area contributed by atoms with Gasteiger partial charge in [-0.2, -0.15) is 26.3 Å². The normalized spacial score (nSPS) is 13.6. The van der Waals surface area contributed by atoms with Crippen LogP contribution in [-0.4, -0.2) is 18.2 Å². The largest absolute Gasteiger partial charge is 0.507 e. The fourth-order valence-corrected chi connectivity index (χ4v) is 4.36. The molecule has 0 aromatic heterocycles. The maximum absolute atomic E-state index is 13.6. The summed E-state index contributed by atoms with van der Waals surface area (Å²) >= 11 is 12.4. The Labute approximate surface area is 223 Å². The van der Waals surface area contributed by atoms with E-state index in [1.807, 2.05) is 0 Å². The summed E-state index contributed by atoms with van der Waals surface area (Å²) < 4.78 is 86.7. The first kappa shape index (κ1) is 29.1. The van der Waals surface area contributed by atoms with E-state index in [1.165, 1.54) is 50.2 Å². The van der Waals surface area contributed by atoms with Crippen molar-refractivity contribution >= 4 is 40.8 Å². The lowest BCUT2D eigenvalue weighted by Gasteiger charge is -2.16. The SMILES string of the molecule is C1CCNC1.Oc1cc(NSc2ccc(Oc3cc(Cl)cc(Cl)c3)c(C(F)(F)F)c2)ccc1C(F)(F)F. The average Bonchev–Trinajstić information content (AvgIpc) is 3.36. The van der Waals surface area contributed by atoms with Gasteiger partial charge in [-0.05, 0) is 86.4 Å². The first-order valence-corrected chi connectivity index (χ1v) is 12.3. The lowest BCUT2D eigenvalue weighted by molar-refractivity contribution is -0.139. The van der Waals surface area contributed by atoms with Crippen LogP contribution in [0, 0.1) is 0 Å². The molecule has 37 heavy (non-hydrogen) atoms. The highest BCUT2D eigenvalue weighted by Gasteiger charge is 2.35. The van der Waals surface area contributed by atoms with Crippen LogP contribution in [0.5, 0.6) is 17.2 Å². The topological polar surface area (TPSA) is 53.5 Å². The molecule has 3 aromatic rings. The molecule has 0 saturated carbocycles. The van der Waals surface area contributed by atoms with E-state index in [9.17, 15) is 31.4 Å². The van der Waals surface area contributed by atoms with Crippen molar-refractivity contribution in [2.24, 2.45) is 0 Å². The zero-order valence-corrected chi connectivity index (χ0v) is 21.1. The lowest BCUT2D eigenvalue weighted by Crippen LogP contribution is -2.07. The van der Waals surface area contributed by atoms with Crippen LogP contribution in [0.25, 0.3) is 0 Å². The molecule has 0 amide bonds. The molecule has 0 spiro atoms. The molecule has 0 unspecified atom stereocenters. The van der Waals surface area contributed by atoms with Crippen LogP contribution in [0.1, 0.15) is 24.0 Å². The smallest absolute Gasteiger partial charge is 0.420 e. The molecule has 200 valence electrons. The van der Waals surface area contributed by atoms with Crippen molar-refractivity contribution in [3.63, 3.8) is 0 Å². The van der Waals surface area contributed by atoms with Gasteiger partial charge in [-0.15, -0.1) is 0 Å². The Morgan fingerprint density at radius 1 is 0.811 bits per heavy atom. The molecular formula is C24H20Cl2F6N2O2S. The number of nitrogens with one attached hydrogen (secondary N) is 2. The minimum atomic E-state index is -4.76. The Balaban J connectivity index is 0.000000678. The molecule has 13 heteroatoms. The zero-order chi connectivity index (χ0) is 27.2. The third-order valence-corrected chi connectivity index (χ3v) is 6.13. The van der Waals surface area contributed by atoms with Crippen LogP contribution in [-0.2, 0) is 12.4 Å². The molecule has 0 radical (unpaired) electrons. The van der Waals surface area contributed by atoms with Crippen LogP contribution < -0.4 is 14.8 Å². The van der Waals surface area contributed by atoms with Crippen molar-refractivity contribution in [1.29, 1.82) is 0 Å². The van der Waals surface area contributed by atoms with E-state index in [0.29, 0.717) is 18.0 Å². The van der Waals surface area contributed by atoms with Crippen molar-refractivity contribution in [3.05, 3.63) is 75.8 Å². The maximum Gasteiger partial charge on any atom is 0.420 e. The van der Waals surface area contributed by atoms with E-state index >= 15 is 0 Å². The summed E-state index contributed by atoms with van der Waals surface area (Å²) in [4.78, 5) is 0.0909. The van der Waals surface area contributed by atoms with Crippen molar-refractivity contribution < 1.29 is 36.2 Å². The molecule has 4 rings (SSSR count). The Hall–Kier alpha value is -2.47. The zero-order valence-electron chi connectivity index (χ0n) is 18.8. The second-order valence-electron chi connectivity index (χ2n) is 7.75. The van der Waals surface area contributed by atoms with Gasteiger partial charge in [0.05, 0.1) is 11.1 Å². The molecule has 0 aliphatic carbocycles. The second-order valence-corrected chi connectivity index (χ2v) is 9.51. The highest BCUT2D eigenvalue weighted by Crippen LogP contribution is 2.42. The van der Waals surface area contributed by atoms with Gasteiger partial charge in [-0.25, -0.2) is 0 Å². The first-order chi connectivity index (χ1) is 17.3. The Bertz CT molecular complexity index is 1190. The number of hydrogen-bond acceptors (Lipinski definition) is 5. The van der Waals surface area contributed by atoms with E-state index in [2.05, 4.69) is 10.0 Å². The predicted molar refractivity (Wildman–Crippen MR) is 133 cm³/mol. The van der Waals surface area contributed by atoms with Crippen molar-refractivity contribution in [3.8, 4) is 17.2 Å². The highest BCUT2D eigenvalue weighted by molar-refractivity contribution is 8.00. The number of aromatic hydroxyl groups is 1. The van der Waals surface area contributed by atoms with E-state index in [4.69, 9.17) is 27.9 Å². The van der Waals surface area contributed by atoms with E-state index in [-0.39, 0.29) is 26.4 Å². The molecule has 3 aromatic carbocycles. The molecule has 1 aliphatic heterocycles. The maximum atomic E-state index is 13.6. The summed E-state index contributed by atoms with van der Waals surface area (Å²) in [6, 6.07) is 9.73. The lowest BCUT2D eigenvalue weighted by atomic mass is 10.2. The molecule has 1 saturated heterocycles. The molecule has 0 bridgehead atoms. The van der Waals surface area contributed by atoms with Gasteiger partial charge in [0.15, 0.2) is 0 Å². The molecule has 4 nitrogen and oxygen atoms in total. The summed E-state index contributed by atoms with van der Waals surface area (Å²) in [7, 11) is 0. The number of alkyl halides is 6. The summed E-state index contributed by atoms with van der Waals surface area (Å²) in [6.45, 7) is 2.50. The van der Waals surface area contributed by atoms with Gasteiger partial charge in [0.1, 0.15) is 17.2 Å². The van der Waals surface area contributed by atoms with Crippen LogP contribution in [0.15, 0.2) is 59.5 Å². The van der Waals surface area contributed by atoms with Gasteiger partial charge < -0.3 is 19.9 Å². The molecular weight excluding hydrogens is 565 g/mol. The van der Waals surface area contributed by atoms with Gasteiger partial charge in [-0.1, -0.05) is 23.2 Å². The van der Waals surface area contributed by atoms with Gasteiger partial charge in [0.25, 0.3) is 0 Å². The average molecular weight is 585 g/mol. The standard InChI is InChI=1S/C20H11Cl2F6NO2S.C4H9N/c21-10-5-11(22)7-13(6-10)31-18-4-2-14(9-16(18)20(26,27)28)32-29-12-1-3-15(17(30)8-12)19(23,24)25;1-2-4-5-3-1/h1-9,29-30H;5H,1-4H2. The minimum absolute atomic E-state index is 0.00626. The number of phenolic OH excluding ortho intramolecular Hbond substituents is 1. The fraction of sp³-hybridized carbons (Fsp3) is 0.250. The summed E-state index contributed by atoms with van der Waals surface area (Å²) in [5.41, 5.74) is -2.26. The monoisotopic (exact) mass is 584 g/mol. The van der Waals surface area contributed by atoms with Gasteiger partial charge in [-0.3, -0.25) is 0 Å². The Morgan fingerprint density at radius 3 is 1.95 bits per heavy atom. The number of phenols is 1. The van der Waals surface area contributed by atoms with Gasteiger partial charge in [0, 0.05) is 26.7 Å². The van der Waals surface area contributed by atoms with Crippen molar-refractivity contribution in [2.45, 2.75) is 30.1 Å². The highest BCUT2D eigenvalue weighted by atomic mass is 35.5. The second kappa shape index (κ2) is 12.4. The number of halogens is 8. The van der Waals surface area contributed by atoms with E-state index in [1.54, 1.807) is 0 Å². The summed E-state index contributed by atoms with van der Waals surface area (Å²) in [5.74, 6) is -1.50. The van der Waals surface area contributed by atoms with Gasteiger partial charge in [0.2, 0.25) is 0 Å². The predicted octanol–water partition coefficient (Wildman–Crippen LogP) is 9.02. The summed E-state index contributed by atoms with van der Waals surface area (Å²) in [6.07, 6.45) is -6.72. The van der Waals surface area contributed by atoms with Crippen molar-refractivity contribution in [1.82, 2.24) is 5.32 Å². The van der Waals surface area contributed by atoms with E-state index < -0.39 is 35.0 Å². The van der Waals surface area contributed by atoms with Crippen LogP contribution in [0.3, 0.4) is 0 Å². The summed E-state index contributed by atoms with van der Waals surface area (Å²) in [5, 5.41) is 13.1. The number of anilines is 1. The third-order valence-electron chi connectivity index (χ3n) is 4.87. The quantitative estimate of drug-likeness (QED) is 0.206. The van der Waals surface area contributed by atoms with Crippen LogP contribution in [0.2, 0.25) is 10.0 Å². The minimum Gasteiger partial charge on any atom is -0.507 e. The number of hydrogen-bond donors (Lipinski definition) is 3. The molecule has 3 N–H and O–H groups in total. The van der Waals surface area contributed by atoms with Crippen LogP contribution >= 0.6 is 35.1 Å². The molecule has 1 aliphatic rings. The molecule has 1 fully saturated rings. The third kappa shape index (κ3) is 8.80. The Kier molecular flexibility index (Phi) is 9.74. The number of rotatable bonds is 5. The van der Waals surface area contributed by atoms with Crippen molar-refractivity contribution in [2.75, 3.05) is 17.8 Å². The fourth-order valence-electron chi connectivity index (χ4n) is 3.18. The Morgan fingerprint density at radius 2 is 1.43 bits per heavy atom. The molecule has 1 heterocycles.